The number of hydrogen-bond donors (Lipinski definition) is 0. The Labute approximate surface area is 120 Å². The summed E-state index contributed by atoms with van der Waals surface area (Å²) in [5, 5.41) is 10.9. The molecule has 0 N–H and O–H groups in total. The van der Waals surface area contributed by atoms with Gasteiger partial charge in [-0.05, 0) is 36.4 Å². The van der Waals surface area contributed by atoms with Crippen LogP contribution in [0.2, 0.25) is 0 Å². The topological polar surface area (TPSA) is 64.8 Å². The minimum absolute atomic E-state index is 0.0385. The first-order valence-corrected chi connectivity index (χ1v) is 6.54. The lowest BCUT2D eigenvalue weighted by Gasteiger charge is -2.13. The van der Waals surface area contributed by atoms with Gasteiger partial charge in [0.15, 0.2) is 11.5 Å². The standard InChI is InChI=1S/C12H17BrN2O4/c1-14(2)5-4-6-19-12-8-10(15(16)17)9(13)7-11(12)18-3/h7-8H,4-6H2,1-3H3. The molecule has 6 nitrogen and oxygen atoms in total. The van der Waals surface area contributed by atoms with Crippen LogP contribution in [-0.2, 0) is 0 Å². The van der Waals surface area contributed by atoms with Gasteiger partial charge in [0.05, 0.1) is 29.2 Å². The van der Waals surface area contributed by atoms with Crippen LogP contribution in [0.4, 0.5) is 5.69 Å². The molecule has 0 heterocycles. The zero-order valence-corrected chi connectivity index (χ0v) is 12.8. The molecule has 0 aliphatic heterocycles. The molecule has 7 heteroatoms. The molecule has 0 radical (unpaired) electrons. The molecular weight excluding hydrogens is 316 g/mol. The van der Waals surface area contributed by atoms with Crippen molar-refractivity contribution in [3.8, 4) is 11.5 Å². The van der Waals surface area contributed by atoms with Gasteiger partial charge in [-0.15, -0.1) is 0 Å². The van der Waals surface area contributed by atoms with Gasteiger partial charge in [-0.1, -0.05) is 0 Å². The highest BCUT2D eigenvalue weighted by Crippen LogP contribution is 2.37. The highest BCUT2D eigenvalue weighted by Gasteiger charge is 2.17. The van der Waals surface area contributed by atoms with Crippen LogP contribution in [0.5, 0.6) is 11.5 Å². The minimum atomic E-state index is -0.462. The van der Waals surface area contributed by atoms with E-state index in [1.165, 1.54) is 13.2 Å². The van der Waals surface area contributed by atoms with Crippen LogP contribution in [0.3, 0.4) is 0 Å². The molecule has 19 heavy (non-hydrogen) atoms. The maximum atomic E-state index is 10.9. The Morgan fingerprint density at radius 3 is 2.58 bits per heavy atom. The van der Waals surface area contributed by atoms with Crippen molar-refractivity contribution >= 4 is 21.6 Å². The Morgan fingerprint density at radius 2 is 2.05 bits per heavy atom. The molecule has 106 valence electrons. The largest absolute Gasteiger partial charge is 0.493 e. The summed E-state index contributed by atoms with van der Waals surface area (Å²) in [7, 11) is 5.45. The number of nitro benzene ring substituents is 1. The van der Waals surface area contributed by atoms with Gasteiger partial charge in [-0.3, -0.25) is 10.1 Å². The summed E-state index contributed by atoms with van der Waals surface area (Å²) in [5.41, 5.74) is -0.0385. The van der Waals surface area contributed by atoms with Crippen molar-refractivity contribution in [2.45, 2.75) is 6.42 Å². The molecule has 0 saturated carbocycles. The third-order valence-electron chi connectivity index (χ3n) is 2.44. The van der Waals surface area contributed by atoms with Crippen molar-refractivity contribution in [2.24, 2.45) is 0 Å². The normalized spacial score (nSPS) is 10.6. The summed E-state index contributed by atoms with van der Waals surface area (Å²) >= 11 is 3.14. The van der Waals surface area contributed by atoms with Crippen molar-refractivity contribution in [3.05, 3.63) is 26.7 Å². The van der Waals surface area contributed by atoms with Gasteiger partial charge in [0.2, 0.25) is 0 Å². The van der Waals surface area contributed by atoms with Gasteiger partial charge in [-0.2, -0.15) is 0 Å². The van der Waals surface area contributed by atoms with Crippen molar-refractivity contribution in [1.29, 1.82) is 0 Å². The van der Waals surface area contributed by atoms with Crippen LogP contribution >= 0.6 is 15.9 Å². The Morgan fingerprint density at radius 1 is 1.37 bits per heavy atom. The van der Waals surface area contributed by atoms with Gasteiger partial charge in [0.25, 0.3) is 5.69 Å². The highest BCUT2D eigenvalue weighted by molar-refractivity contribution is 9.10. The molecule has 0 aromatic heterocycles. The first-order chi connectivity index (χ1) is 8.95. The monoisotopic (exact) mass is 332 g/mol. The van der Waals surface area contributed by atoms with Crippen molar-refractivity contribution in [2.75, 3.05) is 34.4 Å². The van der Waals surface area contributed by atoms with E-state index in [9.17, 15) is 10.1 Å². The Bertz CT molecular complexity index is 452. The molecule has 1 rings (SSSR count). The minimum Gasteiger partial charge on any atom is -0.493 e. The van der Waals surface area contributed by atoms with Gasteiger partial charge in [-0.25, -0.2) is 0 Å². The number of benzene rings is 1. The zero-order valence-electron chi connectivity index (χ0n) is 11.2. The lowest BCUT2D eigenvalue weighted by molar-refractivity contribution is -0.385. The van der Waals surface area contributed by atoms with E-state index in [4.69, 9.17) is 9.47 Å². The second kappa shape index (κ2) is 7.30. The molecule has 0 amide bonds. The molecule has 1 aromatic rings. The molecule has 0 bridgehead atoms. The van der Waals surface area contributed by atoms with Crippen molar-refractivity contribution in [3.63, 3.8) is 0 Å². The van der Waals surface area contributed by atoms with Crippen molar-refractivity contribution in [1.82, 2.24) is 4.90 Å². The van der Waals surface area contributed by atoms with E-state index in [1.807, 2.05) is 19.0 Å². The fourth-order valence-electron chi connectivity index (χ4n) is 1.50. The van der Waals surface area contributed by atoms with Gasteiger partial charge >= 0.3 is 0 Å². The highest BCUT2D eigenvalue weighted by atomic mass is 79.9. The van der Waals surface area contributed by atoms with Crippen LogP contribution in [-0.4, -0.2) is 44.2 Å². The molecule has 0 spiro atoms. The fourth-order valence-corrected chi connectivity index (χ4v) is 1.97. The molecular formula is C12H17BrN2O4. The van der Waals surface area contributed by atoms with Crippen molar-refractivity contribution < 1.29 is 14.4 Å². The number of ether oxygens (including phenoxy) is 2. The Hall–Kier alpha value is -1.34. The summed E-state index contributed by atoms with van der Waals surface area (Å²) < 4.78 is 11.1. The average molecular weight is 333 g/mol. The number of nitrogens with zero attached hydrogens (tertiary/aromatic N) is 2. The summed E-state index contributed by atoms with van der Waals surface area (Å²) in [4.78, 5) is 12.4. The second-order valence-electron chi connectivity index (χ2n) is 4.22. The SMILES string of the molecule is COc1cc(Br)c([N+](=O)[O-])cc1OCCCN(C)C. The summed E-state index contributed by atoms with van der Waals surface area (Å²) in [6.07, 6.45) is 0.833. The van der Waals surface area contributed by atoms with E-state index in [2.05, 4.69) is 15.9 Å². The smallest absolute Gasteiger partial charge is 0.287 e. The average Bonchev–Trinajstić information content (AvgIpc) is 2.34. The second-order valence-corrected chi connectivity index (χ2v) is 5.07. The first kappa shape index (κ1) is 15.7. The maximum Gasteiger partial charge on any atom is 0.287 e. The van der Waals surface area contributed by atoms with Gasteiger partial charge < -0.3 is 14.4 Å². The number of methoxy groups -OCH3 is 1. The number of rotatable bonds is 7. The summed E-state index contributed by atoms with van der Waals surface area (Å²) in [6.45, 7) is 1.37. The number of hydrogen-bond acceptors (Lipinski definition) is 5. The molecule has 0 fully saturated rings. The van der Waals surface area contributed by atoms with Crippen LogP contribution in [0, 0.1) is 10.1 Å². The Kier molecular flexibility index (Phi) is 6.04. The van der Waals surface area contributed by atoms with Gasteiger partial charge in [0.1, 0.15) is 0 Å². The third-order valence-corrected chi connectivity index (χ3v) is 3.07. The lowest BCUT2D eigenvalue weighted by Crippen LogP contribution is -2.15. The van der Waals surface area contributed by atoms with Crippen LogP contribution in [0.1, 0.15) is 6.42 Å². The van der Waals surface area contributed by atoms with E-state index >= 15 is 0 Å². The van der Waals surface area contributed by atoms with E-state index in [0.717, 1.165) is 13.0 Å². The maximum absolute atomic E-state index is 10.9. The molecule has 0 saturated heterocycles. The Balaban J connectivity index is 2.80. The van der Waals surface area contributed by atoms with Crippen LogP contribution in [0.15, 0.2) is 16.6 Å². The quantitative estimate of drug-likeness (QED) is 0.436. The van der Waals surface area contributed by atoms with Gasteiger partial charge in [0, 0.05) is 12.6 Å². The summed E-state index contributed by atoms with van der Waals surface area (Å²) in [6, 6.07) is 2.91. The summed E-state index contributed by atoms with van der Waals surface area (Å²) in [5.74, 6) is 0.860. The van der Waals surface area contributed by atoms with E-state index < -0.39 is 4.92 Å². The predicted octanol–water partition coefficient (Wildman–Crippen LogP) is 2.70. The predicted molar refractivity (Wildman–Crippen MR) is 76.0 cm³/mol. The van der Waals surface area contributed by atoms with Crippen LogP contribution in [0.25, 0.3) is 0 Å². The number of halogens is 1. The zero-order chi connectivity index (χ0) is 14.4. The fraction of sp³-hybridized carbons (Fsp3) is 0.500. The molecule has 0 aliphatic rings. The number of nitro groups is 1. The third kappa shape index (κ3) is 4.68. The molecule has 0 atom stereocenters. The first-order valence-electron chi connectivity index (χ1n) is 5.75. The molecule has 0 aliphatic carbocycles. The lowest BCUT2D eigenvalue weighted by atomic mass is 10.3. The van der Waals surface area contributed by atoms with Crippen LogP contribution < -0.4 is 9.47 Å². The van der Waals surface area contributed by atoms with E-state index in [0.29, 0.717) is 22.6 Å². The van der Waals surface area contributed by atoms with E-state index in [-0.39, 0.29) is 5.69 Å². The van der Waals surface area contributed by atoms with E-state index in [1.54, 1.807) is 6.07 Å². The molecule has 1 aromatic carbocycles. The molecule has 0 unspecified atom stereocenters.